The van der Waals surface area contributed by atoms with Gasteiger partial charge in [-0.1, -0.05) is 6.07 Å². The lowest BCUT2D eigenvalue weighted by Crippen LogP contribution is -2.39. The second-order valence-corrected chi connectivity index (χ2v) is 5.45. The number of methoxy groups -OCH3 is 1. The number of rotatable bonds is 11. The molecule has 6 nitrogen and oxygen atoms in total. The largest absolute Gasteiger partial charge is 0.385 e. The fourth-order valence-electron chi connectivity index (χ4n) is 2.14. The Morgan fingerprint density at radius 2 is 2.22 bits per heavy atom. The maximum Gasteiger partial charge on any atom is 0.191 e. The Labute approximate surface area is 140 Å². The highest BCUT2D eigenvalue weighted by molar-refractivity contribution is 5.79. The summed E-state index contributed by atoms with van der Waals surface area (Å²) >= 11 is 0. The monoisotopic (exact) mass is 321 g/mol. The number of nitrogens with zero attached hydrogens (tertiary/aromatic N) is 3. The molecule has 0 atom stereocenters. The van der Waals surface area contributed by atoms with E-state index in [9.17, 15) is 0 Å². The van der Waals surface area contributed by atoms with Gasteiger partial charge in [-0.25, -0.2) is 0 Å². The molecule has 1 rings (SSSR count). The van der Waals surface area contributed by atoms with Crippen molar-refractivity contribution in [2.75, 3.05) is 53.5 Å². The van der Waals surface area contributed by atoms with Gasteiger partial charge in [0.1, 0.15) is 0 Å². The second kappa shape index (κ2) is 12.8. The summed E-state index contributed by atoms with van der Waals surface area (Å²) in [5.41, 5.74) is 1.23. The molecular formula is C17H31N5O. The molecule has 6 heteroatoms. The molecule has 0 aliphatic rings. The van der Waals surface area contributed by atoms with Crippen molar-refractivity contribution in [2.45, 2.75) is 19.8 Å². The predicted molar refractivity (Wildman–Crippen MR) is 95.9 cm³/mol. The first-order valence-electron chi connectivity index (χ1n) is 8.34. The number of hydrogen-bond acceptors (Lipinski definition) is 4. The standard InChI is InChI=1S/C17H31N5O/c1-4-19-17(20-10-8-16-7-5-9-18-15-16)21-11-13-22(2)12-6-14-23-3/h5,7,9,15H,4,6,8,10-14H2,1-3H3,(H2,19,20,21). The summed E-state index contributed by atoms with van der Waals surface area (Å²) in [7, 11) is 3.86. The van der Waals surface area contributed by atoms with Crippen LogP contribution in [0.3, 0.4) is 0 Å². The van der Waals surface area contributed by atoms with Crippen molar-refractivity contribution in [1.82, 2.24) is 20.5 Å². The molecule has 0 aliphatic heterocycles. The van der Waals surface area contributed by atoms with Gasteiger partial charge in [-0.15, -0.1) is 0 Å². The van der Waals surface area contributed by atoms with Gasteiger partial charge < -0.3 is 20.3 Å². The van der Waals surface area contributed by atoms with Gasteiger partial charge in [0.25, 0.3) is 0 Å². The first kappa shape index (κ1) is 19.4. The van der Waals surface area contributed by atoms with E-state index >= 15 is 0 Å². The molecule has 0 saturated carbocycles. The van der Waals surface area contributed by atoms with E-state index < -0.39 is 0 Å². The van der Waals surface area contributed by atoms with Gasteiger partial charge in [-0.3, -0.25) is 9.98 Å². The molecule has 0 fully saturated rings. The highest BCUT2D eigenvalue weighted by atomic mass is 16.5. The van der Waals surface area contributed by atoms with Gasteiger partial charge in [0.05, 0.1) is 6.54 Å². The van der Waals surface area contributed by atoms with E-state index in [1.807, 2.05) is 12.3 Å². The lowest BCUT2D eigenvalue weighted by Gasteiger charge is -2.16. The summed E-state index contributed by atoms with van der Waals surface area (Å²) < 4.78 is 5.07. The molecule has 2 N–H and O–H groups in total. The molecule has 0 unspecified atom stereocenters. The van der Waals surface area contributed by atoms with Crippen molar-refractivity contribution >= 4 is 5.96 Å². The SMILES string of the molecule is CCNC(=NCCN(C)CCCOC)NCCc1cccnc1. The van der Waals surface area contributed by atoms with E-state index in [0.29, 0.717) is 0 Å². The zero-order valence-corrected chi connectivity index (χ0v) is 14.7. The number of likely N-dealkylation sites (N-methyl/N-ethyl adjacent to an activating group) is 1. The van der Waals surface area contributed by atoms with Crippen LogP contribution in [0.5, 0.6) is 0 Å². The highest BCUT2D eigenvalue weighted by Crippen LogP contribution is 1.95. The Bertz CT molecular complexity index is 424. The van der Waals surface area contributed by atoms with Crippen LogP contribution in [0, 0.1) is 0 Å². The summed E-state index contributed by atoms with van der Waals surface area (Å²) in [6.45, 7) is 7.37. The first-order valence-corrected chi connectivity index (χ1v) is 8.34. The molecule has 0 aliphatic carbocycles. The zero-order chi connectivity index (χ0) is 16.8. The van der Waals surface area contributed by atoms with Crippen LogP contribution in [-0.2, 0) is 11.2 Å². The molecule has 0 saturated heterocycles. The molecule has 1 heterocycles. The average Bonchev–Trinajstić information content (AvgIpc) is 2.56. The number of aliphatic imine (C=N–C) groups is 1. The van der Waals surface area contributed by atoms with Crippen LogP contribution in [-0.4, -0.2) is 69.3 Å². The fraction of sp³-hybridized carbons (Fsp3) is 0.647. The summed E-state index contributed by atoms with van der Waals surface area (Å²) in [4.78, 5) is 11.0. The molecule has 1 aromatic heterocycles. The van der Waals surface area contributed by atoms with E-state index in [1.165, 1.54) is 5.56 Å². The minimum absolute atomic E-state index is 0.783. The zero-order valence-electron chi connectivity index (χ0n) is 14.7. The van der Waals surface area contributed by atoms with E-state index in [0.717, 1.165) is 58.1 Å². The van der Waals surface area contributed by atoms with Gasteiger partial charge in [0.15, 0.2) is 5.96 Å². The molecular weight excluding hydrogens is 290 g/mol. The molecule has 130 valence electrons. The van der Waals surface area contributed by atoms with Gasteiger partial charge in [0.2, 0.25) is 0 Å². The molecule has 0 spiro atoms. The predicted octanol–water partition coefficient (Wildman–Crippen LogP) is 1.15. The average molecular weight is 321 g/mol. The number of nitrogens with one attached hydrogen (secondary N) is 2. The Hall–Kier alpha value is -1.66. The van der Waals surface area contributed by atoms with Crippen molar-refractivity contribution in [1.29, 1.82) is 0 Å². The Balaban J connectivity index is 2.26. The van der Waals surface area contributed by atoms with Crippen LogP contribution < -0.4 is 10.6 Å². The number of ether oxygens (including phenoxy) is 1. The Kier molecular flexibility index (Phi) is 10.8. The van der Waals surface area contributed by atoms with Crippen molar-refractivity contribution in [2.24, 2.45) is 4.99 Å². The minimum Gasteiger partial charge on any atom is -0.385 e. The molecule has 1 aromatic rings. The third kappa shape index (κ3) is 9.86. The second-order valence-electron chi connectivity index (χ2n) is 5.45. The van der Waals surface area contributed by atoms with Crippen molar-refractivity contribution in [3.63, 3.8) is 0 Å². The third-order valence-electron chi connectivity index (χ3n) is 3.41. The van der Waals surface area contributed by atoms with E-state index in [4.69, 9.17) is 4.74 Å². The quantitative estimate of drug-likeness (QED) is 0.364. The van der Waals surface area contributed by atoms with Gasteiger partial charge in [0, 0.05) is 52.3 Å². The summed E-state index contributed by atoms with van der Waals surface area (Å²) in [5.74, 6) is 0.877. The smallest absolute Gasteiger partial charge is 0.191 e. The summed E-state index contributed by atoms with van der Waals surface area (Å²) in [5, 5.41) is 6.65. The van der Waals surface area contributed by atoms with Crippen molar-refractivity contribution in [3.8, 4) is 0 Å². The van der Waals surface area contributed by atoms with E-state index in [-0.39, 0.29) is 0 Å². The maximum absolute atomic E-state index is 5.07. The van der Waals surface area contributed by atoms with Crippen LogP contribution in [0.1, 0.15) is 18.9 Å². The molecule has 23 heavy (non-hydrogen) atoms. The molecule has 0 bridgehead atoms. The van der Waals surface area contributed by atoms with Crippen molar-refractivity contribution in [3.05, 3.63) is 30.1 Å². The Morgan fingerprint density at radius 3 is 2.91 bits per heavy atom. The molecule has 0 radical (unpaired) electrons. The van der Waals surface area contributed by atoms with Crippen LogP contribution in [0.2, 0.25) is 0 Å². The van der Waals surface area contributed by atoms with Gasteiger partial charge >= 0.3 is 0 Å². The normalized spacial score (nSPS) is 11.7. The van der Waals surface area contributed by atoms with E-state index in [2.05, 4.69) is 45.5 Å². The summed E-state index contributed by atoms with van der Waals surface area (Å²) in [6.07, 6.45) is 5.70. The Morgan fingerprint density at radius 1 is 1.35 bits per heavy atom. The van der Waals surface area contributed by atoms with Crippen LogP contribution in [0.15, 0.2) is 29.5 Å². The van der Waals surface area contributed by atoms with Gasteiger partial charge in [-0.2, -0.15) is 0 Å². The van der Waals surface area contributed by atoms with Crippen LogP contribution >= 0.6 is 0 Å². The summed E-state index contributed by atoms with van der Waals surface area (Å²) in [6, 6.07) is 4.06. The molecule has 0 amide bonds. The van der Waals surface area contributed by atoms with Gasteiger partial charge in [-0.05, 0) is 38.4 Å². The number of guanidine groups is 1. The van der Waals surface area contributed by atoms with Crippen molar-refractivity contribution < 1.29 is 4.74 Å². The van der Waals surface area contributed by atoms with Crippen LogP contribution in [0.4, 0.5) is 0 Å². The number of hydrogen-bond donors (Lipinski definition) is 2. The highest BCUT2D eigenvalue weighted by Gasteiger charge is 2.00. The third-order valence-corrected chi connectivity index (χ3v) is 3.41. The maximum atomic E-state index is 5.07. The lowest BCUT2D eigenvalue weighted by atomic mass is 10.2. The van der Waals surface area contributed by atoms with Crippen LogP contribution in [0.25, 0.3) is 0 Å². The number of pyridine rings is 1. The fourth-order valence-corrected chi connectivity index (χ4v) is 2.14. The lowest BCUT2D eigenvalue weighted by molar-refractivity contribution is 0.180. The topological polar surface area (TPSA) is 61.8 Å². The first-order chi connectivity index (χ1) is 11.3. The minimum atomic E-state index is 0.783. The van der Waals surface area contributed by atoms with E-state index in [1.54, 1.807) is 13.3 Å². The molecule has 0 aromatic carbocycles. The number of aromatic nitrogens is 1.